The third-order valence-electron chi connectivity index (χ3n) is 5.32. The van der Waals surface area contributed by atoms with Crippen LogP contribution in [0.4, 0.5) is 11.4 Å². The second kappa shape index (κ2) is 8.92. The van der Waals surface area contributed by atoms with Crippen LogP contribution in [0.15, 0.2) is 94.1 Å². The minimum absolute atomic E-state index is 0.368. The Morgan fingerprint density at radius 1 is 0.871 bits per heavy atom. The second-order valence-electron chi connectivity index (χ2n) is 7.34. The van der Waals surface area contributed by atoms with Crippen LogP contribution in [-0.4, -0.2) is 13.7 Å². The van der Waals surface area contributed by atoms with E-state index >= 15 is 0 Å². The van der Waals surface area contributed by atoms with Gasteiger partial charge in [-0.05, 0) is 49.7 Å². The van der Waals surface area contributed by atoms with Crippen LogP contribution < -0.4 is 15.3 Å². The molecule has 1 heterocycles. The molecule has 156 valence electrons. The molecule has 0 amide bonds. The summed E-state index contributed by atoms with van der Waals surface area (Å²) in [4.78, 5) is 15.1. The molecule has 4 heteroatoms. The normalized spacial score (nSPS) is 10.7. The van der Waals surface area contributed by atoms with E-state index < -0.39 is 0 Å². The molecule has 4 nitrogen and oxygen atoms in total. The predicted octanol–water partition coefficient (Wildman–Crippen LogP) is 6.45. The Morgan fingerprint density at radius 3 is 2.16 bits per heavy atom. The van der Waals surface area contributed by atoms with Crippen LogP contribution in [-0.2, 0) is 0 Å². The lowest BCUT2D eigenvalue weighted by molar-refractivity contribution is 0.415. The first-order valence-corrected chi connectivity index (χ1v) is 10.3. The van der Waals surface area contributed by atoms with Crippen molar-refractivity contribution < 1.29 is 9.15 Å². The van der Waals surface area contributed by atoms with E-state index in [0.717, 1.165) is 33.7 Å². The van der Waals surface area contributed by atoms with Crippen LogP contribution in [0.1, 0.15) is 12.5 Å². The first-order valence-electron chi connectivity index (χ1n) is 10.3. The number of benzene rings is 3. The van der Waals surface area contributed by atoms with Crippen molar-refractivity contribution in [3.8, 4) is 28.2 Å². The number of anilines is 2. The van der Waals surface area contributed by atoms with Crippen molar-refractivity contribution in [1.29, 1.82) is 0 Å². The number of aryl methyl sites for hydroxylation is 1. The third kappa shape index (κ3) is 4.24. The molecule has 0 atom stereocenters. The summed E-state index contributed by atoms with van der Waals surface area (Å²) in [7, 11) is 1.64. The molecule has 0 aliphatic heterocycles. The Morgan fingerprint density at radius 2 is 1.55 bits per heavy atom. The van der Waals surface area contributed by atoms with Crippen molar-refractivity contribution in [2.45, 2.75) is 13.8 Å². The molecule has 0 fully saturated rings. The Hall–Kier alpha value is -3.79. The Labute approximate surface area is 182 Å². The summed E-state index contributed by atoms with van der Waals surface area (Å²) in [5, 5.41) is 0. The highest BCUT2D eigenvalue weighted by molar-refractivity contribution is 5.82. The molecule has 1 aromatic heterocycles. The number of rotatable bonds is 6. The van der Waals surface area contributed by atoms with Gasteiger partial charge in [0.2, 0.25) is 0 Å². The van der Waals surface area contributed by atoms with E-state index in [0.29, 0.717) is 18.0 Å². The summed E-state index contributed by atoms with van der Waals surface area (Å²) in [6.07, 6.45) is 0. The summed E-state index contributed by atoms with van der Waals surface area (Å²) in [6.45, 7) is 4.67. The lowest BCUT2D eigenvalue weighted by Gasteiger charge is -2.23. The average Bonchev–Trinajstić information content (AvgIpc) is 2.82. The number of methoxy groups -OCH3 is 1. The van der Waals surface area contributed by atoms with Crippen LogP contribution in [0.25, 0.3) is 22.5 Å². The van der Waals surface area contributed by atoms with Crippen molar-refractivity contribution >= 4 is 11.4 Å². The van der Waals surface area contributed by atoms with E-state index in [1.807, 2.05) is 104 Å². The minimum atomic E-state index is -0.368. The predicted molar refractivity (Wildman–Crippen MR) is 126 cm³/mol. The fourth-order valence-electron chi connectivity index (χ4n) is 3.65. The van der Waals surface area contributed by atoms with Gasteiger partial charge >= 0.3 is 5.63 Å². The summed E-state index contributed by atoms with van der Waals surface area (Å²) < 4.78 is 11.2. The Kier molecular flexibility index (Phi) is 5.89. The average molecular weight is 412 g/mol. The number of hydrogen-bond acceptors (Lipinski definition) is 4. The van der Waals surface area contributed by atoms with Gasteiger partial charge in [0, 0.05) is 23.4 Å². The summed E-state index contributed by atoms with van der Waals surface area (Å²) in [6, 6.07) is 27.6. The quantitative estimate of drug-likeness (QED) is 0.366. The standard InChI is InChI=1S/C27H25NO3/c1-4-28(22-14-16-23(30-3)17-15-22)25-18-24(20-8-6-5-7-9-20)26(31-27(25)29)21-12-10-19(2)11-13-21/h5-18H,4H2,1-3H3. The largest absolute Gasteiger partial charge is 0.497 e. The molecule has 3 aromatic carbocycles. The molecule has 0 saturated carbocycles. The summed E-state index contributed by atoms with van der Waals surface area (Å²) in [5.41, 5.74) is 4.94. The SMILES string of the molecule is CCN(c1ccc(OC)cc1)c1cc(-c2ccccc2)c(-c2ccc(C)cc2)oc1=O. The van der Waals surface area contributed by atoms with Crippen molar-refractivity contribution in [2.24, 2.45) is 0 Å². The highest BCUT2D eigenvalue weighted by Gasteiger charge is 2.19. The zero-order valence-electron chi connectivity index (χ0n) is 18.0. The zero-order valence-corrected chi connectivity index (χ0v) is 18.0. The molecule has 0 unspecified atom stereocenters. The van der Waals surface area contributed by atoms with E-state index in [1.54, 1.807) is 7.11 Å². The molecule has 0 spiro atoms. The Bertz CT molecular complexity index is 1210. The van der Waals surface area contributed by atoms with Gasteiger partial charge < -0.3 is 14.1 Å². The van der Waals surface area contributed by atoms with Gasteiger partial charge in [-0.3, -0.25) is 0 Å². The van der Waals surface area contributed by atoms with Gasteiger partial charge in [0.25, 0.3) is 0 Å². The van der Waals surface area contributed by atoms with Crippen molar-refractivity contribution in [1.82, 2.24) is 0 Å². The fraction of sp³-hybridized carbons (Fsp3) is 0.148. The van der Waals surface area contributed by atoms with Gasteiger partial charge in [-0.2, -0.15) is 0 Å². The molecule has 0 radical (unpaired) electrons. The molecule has 4 rings (SSSR count). The van der Waals surface area contributed by atoms with Gasteiger partial charge in [0.1, 0.15) is 17.2 Å². The maximum absolute atomic E-state index is 13.1. The van der Waals surface area contributed by atoms with Crippen LogP contribution in [0.2, 0.25) is 0 Å². The van der Waals surface area contributed by atoms with Crippen molar-refractivity contribution in [2.75, 3.05) is 18.6 Å². The van der Waals surface area contributed by atoms with Crippen LogP contribution in [0.5, 0.6) is 5.75 Å². The van der Waals surface area contributed by atoms with Gasteiger partial charge in [-0.15, -0.1) is 0 Å². The highest BCUT2D eigenvalue weighted by atomic mass is 16.5. The molecule has 31 heavy (non-hydrogen) atoms. The molecule has 0 saturated heterocycles. The number of ether oxygens (including phenoxy) is 1. The van der Waals surface area contributed by atoms with E-state index in [9.17, 15) is 4.79 Å². The molecule has 0 aliphatic rings. The fourth-order valence-corrected chi connectivity index (χ4v) is 3.65. The summed E-state index contributed by atoms with van der Waals surface area (Å²) in [5.74, 6) is 1.34. The maximum atomic E-state index is 13.1. The van der Waals surface area contributed by atoms with Crippen molar-refractivity contribution in [3.05, 3.63) is 101 Å². The number of nitrogens with zero attached hydrogens (tertiary/aromatic N) is 1. The van der Waals surface area contributed by atoms with E-state index in [4.69, 9.17) is 9.15 Å². The maximum Gasteiger partial charge on any atom is 0.360 e. The van der Waals surface area contributed by atoms with Gasteiger partial charge in [0.15, 0.2) is 0 Å². The summed E-state index contributed by atoms with van der Waals surface area (Å²) >= 11 is 0. The van der Waals surface area contributed by atoms with Gasteiger partial charge in [-0.1, -0.05) is 60.2 Å². The molecule has 0 aliphatic carbocycles. The van der Waals surface area contributed by atoms with E-state index in [2.05, 4.69) is 0 Å². The first-order chi connectivity index (χ1) is 15.1. The molecular weight excluding hydrogens is 386 g/mol. The first kappa shape index (κ1) is 20.5. The van der Waals surface area contributed by atoms with E-state index in [-0.39, 0.29) is 5.63 Å². The van der Waals surface area contributed by atoms with E-state index in [1.165, 1.54) is 0 Å². The molecule has 0 bridgehead atoms. The second-order valence-corrected chi connectivity index (χ2v) is 7.34. The topological polar surface area (TPSA) is 42.7 Å². The smallest absolute Gasteiger partial charge is 0.360 e. The third-order valence-corrected chi connectivity index (χ3v) is 5.32. The molecular formula is C27H25NO3. The van der Waals surface area contributed by atoms with Crippen LogP contribution in [0.3, 0.4) is 0 Å². The highest BCUT2D eigenvalue weighted by Crippen LogP contribution is 2.35. The lowest BCUT2D eigenvalue weighted by atomic mass is 9.99. The van der Waals surface area contributed by atoms with Crippen molar-refractivity contribution in [3.63, 3.8) is 0 Å². The molecule has 4 aromatic rings. The minimum Gasteiger partial charge on any atom is -0.497 e. The van der Waals surface area contributed by atoms with Gasteiger partial charge in [0.05, 0.1) is 7.11 Å². The van der Waals surface area contributed by atoms with Crippen LogP contribution in [0, 0.1) is 6.92 Å². The lowest BCUT2D eigenvalue weighted by Crippen LogP contribution is -2.23. The Balaban J connectivity index is 1.89. The monoisotopic (exact) mass is 411 g/mol. The van der Waals surface area contributed by atoms with Crippen LogP contribution >= 0.6 is 0 Å². The number of hydrogen-bond donors (Lipinski definition) is 0. The zero-order chi connectivity index (χ0) is 21.8. The molecule has 0 N–H and O–H groups in total. The van der Waals surface area contributed by atoms with Gasteiger partial charge in [-0.25, -0.2) is 4.79 Å².